The van der Waals surface area contributed by atoms with E-state index in [1.54, 1.807) is 0 Å². The van der Waals surface area contributed by atoms with Gasteiger partial charge in [-0.3, -0.25) is 4.79 Å². The van der Waals surface area contributed by atoms with Crippen LogP contribution in [0.25, 0.3) is 0 Å². The van der Waals surface area contributed by atoms with E-state index in [9.17, 15) is 4.79 Å². The molecule has 1 aliphatic heterocycles. The highest BCUT2D eigenvalue weighted by molar-refractivity contribution is 5.80. The Labute approximate surface area is 117 Å². The third-order valence-electron chi connectivity index (χ3n) is 4.00. The van der Waals surface area contributed by atoms with Crippen LogP contribution < -0.4 is 5.32 Å². The van der Waals surface area contributed by atoms with Crippen molar-refractivity contribution >= 4 is 5.97 Å². The van der Waals surface area contributed by atoms with Crippen molar-refractivity contribution < 1.29 is 9.53 Å². The maximum atomic E-state index is 11.9. The molecule has 1 saturated heterocycles. The summed E-state index contributed by atoms with van der Waals surface area (Å²) in [6.07, 6.45) is 6.93. The third kappa shape index (κ3) is 5.49. The Morgan fingerprint density at radius 2 is 2.00 bits per heavy atom. The number of rotatable bonds is 8. The van der Waals surface area contributed by atoms with Crippen LogP contribution in [-0.4, -0.2) is 49.7 Å². The van der Waals surface area contributed by atoms with Gasteiger partial charge >= 0.3 is 5.97 Å². The van der Waals surface area contributed by atoms with Crippen molar-refractivity contribution in [2.24, 2.45) is 0 Å². The molecule has 0 saturated carbocycles. The van der Waals surface area contributed by atoms with Crippen LogP contribution in [0.1, 0.15) is 52.4 Å². The number of methoxy groups -OCH3 is 1. The van der Waals surface area contributed by atoms with Crippen molar-refractivity contribution in [1.29, 1.82) is 0 Å². The standard InChI is InChI=1S/C15H30N2O2/c1-4-10-16-15(2,14(18)19-3)9-8-13-17-11-6-5-7-12-17/h16H,4-13H2,1-3H3. The molecule has 1 unspecified atom stereocenters. The summed E-state index contributed by atoms with van der Waals surface area (Å²) >= 11 is 0. The molecule has 0 aliphatic carbocycles. The van der Waals surface area contributed by atoms with Crippen LogP contribution in [0.4, 0.5) is 0 Å². The summed E-state index contributed by atoms with van der Waals surface area (Å²) in [4.78, 5) is 14.4. The van der Waals surface area contributed by atoms with Gasteiger partial charge in [-0.2, -0.15) is 0 Å². The minimum atomic E-state index is -0.527. The first-order valence-corrected chi connectivity index (χ1v) is 7.68. The predicted octanol–water partition coefficient (Wildman–Crippen LogP) is 2.18. The minimum absolute atomic E-state index is 0.139. The van der Waals surface area contributed by atoms with Gasteiger partial charge in [0.1, 0.15) is 5.54 Å². The molecule has 1 rings (SSSR count). The summed E-state index contributed by atoms with van der Waals surface area (Å²) in [5.41, 5.74) is -0.527. The number of nitrogens with one attached hydrogen (secondary N) is 1. The zero-order valence-corrected chi connectivity index (χ0v) is 12.8. The van der Waals surface area contributed by atoms with Crippen molar-refractivity contribution in [3.05, 3.63) is 0 Å². The number of carbonyl (C=O) groups is 1. The van der Waals surface area contributed by atoms with Crippen LogP contribution >= 0.6 is 0 Å². The third-order valence-corrected chi connectivity index (χ3v) is 4.00. The molecule has 0 aromatic heterocycles. The molecule has 1 aliphatic rings. The largest absolute Gasteiger partial charge is 0.468 e. The summed E-state index contributed by atoms with van der Waals surface area (Å²) in [5, 5.41) is 3.34. The fourth-order valence-corrected chi connectivity index (χ4v) is 2.73. The molecular formula is C15H30N2O2. The quantitative estimate of drug-likeness (QED) is 0.687. The number of hydrogen-bond donors (Lipinski definition) is 1. The number of carbonyl (C=O) groups excluding carboxylic acids is 1. The normalized spacial score (nSPS) is 19.9. The van der Waals surface area contributed by atoms with Gasteiger partial charge in [0, 0.05) is 0 Å². The Morgan fingerprint density at radius 3 is 2.58 bits per heavy atom. The van der Waals surface area contributed by atoms with Crippen LogP contribution in [0.3, 0.4) is 0 Å². The zero-order valence-electron chi connectivity index (χ0n) is 12.8. The van der Waals surface area contributed by atoms with Gasteiger partial charge in [-0.05, 0) is 65.2 Å². The molecular weight excluding hydrogens is 240 g/mol. The van der Waals surface area contributed by atoms with Crippen LogP contribution in [0.2, 0.25) is 0 Å². The Kier molecular flexibility index (Phi) is 7.39. The molecule has 1 atom stereocenters. The van der Waals surface area contributed by atoms with Crippen LogP contribution in [0.5, 0.6) is 0 Å². The summed E-state index contributed by atoms with van der Waals surface area (Å²) in [6, 6.07) is 0. The van der Waals surface area contributed by atoms with Crippen LogP contribution in [0.15, 0.2) is 0 Å². The van der Waals surface area contributed by atoms with Gasteiger partial charge in [0.25, 0.3) is 0 Å². The van der Waals surface area contributed by atoms with Crippen molar-refractivity contribution in [2.45, 2.75) is 57.9 Å². The summed E-state index contributed by atoms with van der Waals surface area (Å²) in [7, 11) is 1.47. The van der Waals surface area contributed by atoms with Gasteiger partial charge in [0.05, 0.1) is 7.11 Å². The lowest BCUT2D eigenvalue weighted by Gasteiger charge is -2.30. The number of ether oxygens (including phenoxy) is 1. The fourth-order valence-electron chi connectivity index (χ4n) is 2.73. The van der Waals surface area contributed by atoms with E-state index < -0.39 is 5.54 Å². The Hall–Kier alpha value is -0.610. The van der Waals surface area contributed by atoms with Gasteiger partial charge in [-0.15, -0.1) is 0 Å². The molecule has 112 valence electrons. The van der Waals surface area contributed by atoms with Crippen molar-refractivity contribution in [2.75, 3.05) is 33.3 Å². The van der Waals surface area contributed by atoms with Crippen molar-refractivity contribution in [1.82, 2.24) is 10.2 Å². The Morgan fingerprint density at radius 1 is 1.32 bits per heavy atom. The van der Waals surface area contributed by atoms with Gasteiger partial charge in [-0.1, -0.05) is 13.3 Å². The molecule has 19 heavy (non-hydrogen) atoms. The summed E-state index contributed by atoms with van der Waals surface area (Å²) in [6.45, 7) is 8.47. The molecule has 0 bridgehead atoms. The average molecular weight is 270 g/mol. The van der Waals surface area contributed by atoms with Crippen LogP contribution in [0, 0.1) is 0 Å². The molecule has 0 aromatic rings. The van der Waals surface area contributed by atoms with Gasteiger partial charge in [0.15, 0.2) is 0 Å². The molecule has 4 nitrogen and oxygen atoms in total. The smallest absolute Gasteiger partial charge is 0.325 e. The number of hydrogen-bond acceptors (Lipinski definition) is 4. The zero-order chi connectivity index (χ0) is 14.1. The first kappa shape index (κ1) is 16.4. The van der Waals surface area contributed by atoms with E-state index >= 15 is 0 Å². The highest BCUT2D eigenvalue weighted by atomic mass is 16.5. The van der Waals surface area contributed by atoms with E-state index in [0.29, 0.717) is 0 Å². The number of nitrogens with zero attached hydrogens (tertiary/aromatic N) is 1. The Bertz CT molecular complexity index is 265. The summed E-state index contributed by atoms with van der Waals surface area (Å²) < 4.78 is 4.94. The molecule has 0 radical (unpaired) electrons. The second-order valence-electron chi connectivity index (χ2n) is 5.76. The summed E-state index contributed by atoms with van der Waals surface area (Å²) in [5.74, 6) is -0.139. The lowest BCUT2D eigenvalue weighted by atomic mass is 9.95. The van der Waals surface area contributed by atoms with Crippen LogP contribution in [-0.2, 0) is 9.53 Å². The first-order chi connectivity index (χ1) is 9.12. The number of esters is 1. The van der Waals surface area contributed by atoms with Gasteiger partial charge < -0.3 is 15.0 Å². The molecule has 1 N–H and O–H groups in total. The van der Waals surface area contributed by atoms with Gasteiger partial charge in [-0.25, -0.2) is 0 Å². The monoisotopic (exact) mass is 270 g/mol. The predicted molar refractivity (Wildman–Crippen MR) is 78.2 cm³/mol. The highest BCUT2D eigenvalue weighted by Gasteiger charge is 2.33. The first-order valence-electron chi connectivity index (χ1n) is 7.68. The maximum Gasteiger partial charge on any atom is 0.325 e. The SMILES string of the molecule is CCCNC(C)(CCCN1CCCCC1)C(=O)OC. The fraction of sp³-hybridized carbons (Fsp3) is 0.933. The van der Waals surface area contributed by atoms with E-state index in [2.05, 4.69) is 17.1 Å². The van der Waals surface area contributed by atoms with Crippen molar-refractivity contribution in [3.63, 3.8) is 0 Å². The maximum absolute atomic E-state index is 11.9. The lowest BCUT2D eigenvalue weighted by Crippen LogP contribution is -2.50. The van der Waals surface area contributed by atoms with Crippen molar-refractivity contribution in [3.8, 4) is 0 Å². The molecule has 0 aromatic carbocycles. The van der Waals surface area contributed by atoms with Gasteiger partial charge in [0.2, 0.25) is 0 Å². The van der Waals surface area contributed by atoms with E-state index in [0.717, 1.165) is 32.4 Å². The van der Waals surface area contributed by atoms with E-state index in [1.807, 2.05) is 6.92 Å². The number of likely N-dealkylation sites (tertiary alicyclic amines) is 1. The lowest BCUT2D eigenvalue weighted by molar-refractivity contribution is -0.148. The minimum Gasteiger partial charge on any atom is -0.468 e. The topological polar surface area (TPSA) is 41.6 Å². The second kappa shape index (κ2) is 8.54. The molecule has 0 amide bonds. The molecule has 1 heterocycles. The van der Waals surface area contributed by atoms with E-state index in [4.69, 9.17) is 4.74 Å². The second-order valence-corrected chi connectivity index (χ2v) is 5.76. The highest BCUT2D eigenvalue weighted by Crippen LogP contribution is 2.16. The average Bonchev–Trinajstić information content (AvgIpc) is 2.45. The molecule has 1 fully saturated rings. The molecule has 4 heteroatoms. The Balaban J connectivity index is 2.36. The van der Waals surface area contributed by atoms with E-state index in [-0.39, 0.29) is 5.97 Å². The number of piperidine rings is 1. The molecule has 0 spiro atoms. The van der Waals surface area contributed by atoms with E-state index in [1.165, 1.54) is 39.5 Å².